The number of thiazole rings is 1. The number of hydrogen-bond donors (Lipinski definition) is 4. The summed E-state index contributed by atoms with van der Waals surface area (Å²) >= 11 is 1.38. The lowest BCUT2D eigenvalue weighted by atomic mass is 9.75. The lowest BCUT2D eigenvalue weighted by Gasteiger charge is -2.30. The molecule has 4 aromatic rings. The molecule has 0 radical (unpaired) electrons. The van der Waals surface area contributed by atoms with Crippen molar-refractivity contribution in [2.45, 2.75) is 39.0 Å². The summed E-state index contributed by atoms with van der Waals surface area (Å²) in [6.07, 6.45) is 6.20. The third-order valence-electron chi connectivity index (χ3n) is 6.42. The number of carbonyl (C=O) groups is 2. The number of nitrogens with two attached hydrogens (primary N) is 1. The first-order valence-corrected chi connectivity index (χ1v) is 13.2. The Bertz CT molecular complexity index is 1420. The van der Waals surface area contributed by atoms with Crippen LogP contribution in [-0.4, -0.2) is 50.1 Å². The van der Waals surface area contributed by atoms with Crippen molar-refractivity contribution >= 4 is 38.7 Å². The van der Waals surface area contributed by atoms with E-state index >= 15 is 0 Å². The maximum atomic E-state index is 12.1. The average molecular weight is 534 g/mol. The van der Waals surface area contributed by atoms with E-state index in [0.29, 0.717) is 42.4 Å². The highest BCUT2D eigenvalue weighted by molar-refractivity contribution is 7.22. The minimum absolute atomic E-state index is 0.316. The standard InChI is InChI=1S/C27H31N7O3S/c1-4-29-25(37)34-26-33-21-13-16(12-18(22(21)38-26)20-9-5-6-11-30-20)17-14-31-24(32-15-17)27(2,3)19(23(35)36)8-7-10-28/h5-6,9,11-15,19H,4,7-8,10,28H2,1-3H3,(H,35,36)(H2,29,33,34,37). The maximum Gasteiger partial charge on any atom is 0.321 e. The molecule has 10 nitrogen and oxygen atoms in total. The van der Waals surface area contributed by atoms with Crippen molar-refractivity contribution in [3.8, 4) is 22.4 Å². The Morgan fingerprint density at radius 2 is 1.89 bits per heavy atom. The number of hydrogen-bond acceptors (Lipinski definition) is 8. The molecule has 11 heteroatoms. The second-order valence-corrected chi connectivity index (χ2v) is 10.4. The molecule has 0 aliphatic carbocycles. The number of benzene rings is 1. The van der Waals surface area contributed by atoms with Crippen LogP contribution in [0.25, 0.3) is 32.6 Å². The van der Waals surface area contributed by atoms with Gasteiger partial charge in [0.25, 0.3) is 0 Å². The van der Waals surface area contributed by atoms with Crippen molar-refractivity contribution in [3.63, 3.8) is 0 Å². The number of aliphatic carboxylic acids is 1. The molecule has 198 valence electrons. The van der Waals surface area contributed by atoms with Gasteiger partial charge in [-0.1, -0.05) is 31.3 Å². The molecule has 38 heavy (non-hydrogen) atoms. The van der Waals surface area contributed by atoms with E-state index in [4.69, 9.17) is 5.73 Å². The van der Waals surface area contributed by atoms with Crippen molar-refractivity contribution in [2.75, 3.05) is 18.4 Å². The highest BCUT2D eigenvalue weighted by Crippen LogP contribution is 2.38. The Morgan fingerprint density at radius 3 is 2.53 bits per heavy atom. The fraction of sp³-hybridized carbons (Fsp3) is 0.333. The van der Waals surface area contributed by atoms with Crippen LogP contribution in [0.2, 0.25) is 0 Å². The van der Waals surface area contributed by atoms with E-state index < -0.39 is 17.3 Å². The van der Waals surface area contributed by atoms with E-state index in [-0.39, 0.29) is 6.03 Å². The summed E-state index contributed by atoms with van der Waals surface area (Å²) in [5, 5.41) is 15.8. The molecule has 0 spiro atoms. The second-order valence-electron chi connectivity index (χ2n) is 9.43. The molecule has 1 unspecified atom stereocenters. The van der Waals surface area contributed by atoms with Crippen molar-refractivity contribution in [1.82, 2.24) is 25.3 Å². The van der Waals surface area contributed by atoms with E-state index in [1.54, 1.807) is 18.6 Å². The Balaban J connectivity index is 1.74. The number of fused-ring (bicyclic) bond motifs is 1. The molecule has 0 saturated heterocycles. The van der Waals surface area contributed by atoms with Crippen LogP contribution >= 0.6 is 11.3 Å². The number of anilines is 1. The zero-order valence-corrected chi connectivity index (χ0v) is 22.4. The number of nitrogens with one attached hydrogen (secondary N) is 2. The van der Waals surface area contributed by atoms with Gasteiger partial charge in [-0.25, -0.2) is 19.7 Å². The topological polar surface area (TPSA) is 156 Å². The summed E-state index contributed by atoms with van der Waals surface area (Å²) in [4.78, 5) is 42.4. The van der Waals surface area contributed by atoms with Crippen molar-refractivity contribution < 1.29 is 14.7 Å². The molecule has 1 atom stereocenters. The average Bonchev–Trinajstić information content (AvgIpc) is 3.31. The minimum Gasteiger partial charge on any atom is -0.481 e. The van der Waals surface area contributed by atoms with Gasteiger partial charge in [0.15, 0.2) is 5.13 Å². The number of nitrogens with zero attached hydrogens (tertiary/aromatic N) is 4. The van der Waals surface area contributed by atoms with Crippen molar-refractivity contribution in [1.29, 1.82) is 0 Å². The zero-order chi connectivity index (χ0) is 27.3. The van der Waals surface area contributed by atoms with Crippen LogP contribution in [0.1, 0.15) is 39.4 Å². The minimum atomic E-state index is -0.887. The third-order valence-corrected chi connectivity index (χ3v) is 7.44. The quantitative estimate of drug-likeness (QED) is 0.229. The van der Waals surface area contributed by atoms with Gasteiger partial charge in [-0.15, -0.1) is 0 Å². The van der Waals surface area contributed by atoms with Crippen molar-refractivity contribution in [3.05, 3.63) is 54.7 Å². The molecule has 0 aliphatic rings. The van der Waals surface area contributed by atoms with Gasteiger partial charge in [0.2, 0.25) is 0 Å². The number of carboxylic acid groups (broad SMARTS) is 1. The molecule has 0 aliphatic heterocycles. The van der Waals surface area contributed by atoms with Gasteiger partial charge < -0.3 is 16.2 Å². The predicted octanol–water partition coefficient (Wildman–Crippen LogP) is 4.67. The van der Waals surface area contributed by atoms with E-state index in [1.807, 2.05) is 51.1 Å². The van der Waals surface area contributed by atoms with Gasteiger partial charge in [-0.05, 0) is 56.1 Å². The number of pyridine rings is 1. The molecule has 0 saturated carbocycles. The molecular weight excluding hydrogens is 502 g/mol. The first-order chi connectivity index (χ1) is 18.2. The lowest BCUT2D eigenvalue weighted by Crippen LogP contribution is -2.36. The van der Waals surface area contributed by atoms with Gasteiger partial charge in [0.1, 0.15) is 5.82 Å². The highest BCUT2D eigenvalue weighted by Gasteiger charge is 2.38. The van der Waals surface area contributed by atoms with Crippen LogP contribution in [0.5, 0.6) is 0 Å². The lowest BCUT2D eigenvalue weighted by molar-refractivity contribution is -0.144. The summed E-state index contributed by atoms with van der Waals surface area (Å²) in [6.45, 7) is 6.48. The number of urea groups is 1. The van der Waals surface area contributed by atoms with Gasteiger partial charge in [-0.3, -0.25) is 15.1 Å². The summed E-state index contributed by atoms with van der Waals surface area (Å²) in [6, 6.07) is 9.30. The van der Waals surface area contributed by atoms with E-state index in [2.05, 4.69) is 30.6 Å². The Morgan fingerprint density at radius 1 is 1.13 bits per heavy atom. The van der Waals surface area contributed by atoms with E-state index in [9.17, 15) is 14.7 Å². The Kier molecular flexibility index (Phi) is 8.28. The van der Waals surface area contributed by atoms with Crippen LogP contribution in [0, 0.1) is 5.92 Å². The molecule has 3 aromatic heterocycles. The first kappa shape index (κ1) is 27.1. The molecule has 5 N–H and O–H groups in total. The number of carboxylic acids is 1. The number of aromatic nitrogens is 4. The number of rotatable bonds is 10. The van der Waals surface area contributed by atoms with Crippen molar-refractivity contribution in [2.24, 2.45) is 11.7 Å². The van der Waals surface area contributed by atoms with Crippen LogP contribution in [0.4, 0.5) is 9.93 Å². The van der Waals surface area contributed by atoms with Gasteiger partial charge in [-0.2, -0.15) is 0 Å². The van der Waals surface area contributed by atoms with Crippen LogP contribution in [0.3, 0.4) is 0 Å². The smallest absolute Gasteiger partial charge is 0.321 e. The maximum absolute atomic E-state index is 12.1. The molecular formula is C27H31N7O3S. The number of carbonyl (C=O) groups excluding carboxylic acids is 1. The van der Waals surface area contributed by atoms with Gasteiger partial charge in [0.05, 0.1) is 21.8 Å². The summed E-state index contributed by atoms with van der Waals surface area (Å²) < 4.78 is 0.891. The molecule has 3 heterocycles. The number of amides is 2. The molecule has 0 bridgehead atoms. The molecule has 4 rings (SSSR count). The molecule has 2 amide bonds. The fourth-order valence-corrected chi connectivity index (χ4v) is 5.31. The third kappa shape index (κ3) is 5.79. The summed E-state index contributed by atoms with van der Waals surface area (Å²) in [5.41, 5.74) is 8.77. The SMILES string of the molecule is CCNC(=O)Nc1nc2cc(-c3cnc(C(C)(C)C(CCCN)C(=O)O)nc3)cc(-c3ccccn3)c2s1. The molecule has 0 fully saturated rings. The van der Waals surface area contributed by atoms with E-state index in [0.717, 1.165) is 27.1 Å². The Labute approximate surface area is 224 Å². The Hall–Kier alpha value is -3.96. The van der Waals surface area contributed by atoms with E-state index in [1.165, 1.54) is 11.3 Å². The first-order valence-electron chi connectivity index (χ1n) is 12.4. The normalized spacial score (nSPS) is 12.3. The van der Waals surface area contributed by atoms with Gasteiger partial charge in [0, 0.05) is 41.7 Å². The predicted molar refractivity (Wildman–Crippen MR) is 149 cm³/mol. The second kappa shape index (κ2) is 11.6. The van der Waals surface area contributed by atoms with Crippen LogP contribution in [0.15, 0.2) is 48.9 Å². The highest BCUT2D eigenvalue weighted by atomic mass is 32.1. The fourth-order valence-electron chi connectivity index (χ4n) is 4.35. The van der Waals surface area contributed by atoms with Crippen LogP contribution < -0.4 is 16.4 Å². The summed E-state index contributed by atoms with van der Waals surface area (Å²) in [5.74, 6) is -1.09. The summed E-state index contributed by atoms with van der Waals surface area (Å²) in [7, 11) is 0. The monoisotopic (exact) mass is 533 g/mol. The largest absolute Gasteiger partial charge is 0.481 e. The zero-order valence-electron chi connectivity index (χ0n) is 21.6. The molecule has 1 aromatic carbocycles. The van der Waals surface area contributed by atoms with Crippen LogP contribution in [-0.2, 0) is 10.2 Å². The van der Waals surface area contributed by atoms with Gasteiger partial charge >= 0.3 is 12.0 Å².